The van der Waals surface area contributed by atoms with E-state index in [1.807, 2.05) is 0 Å². The third kappa shape index (κ3) is 4.48. The molecule has 1 aliphatic carbocycles. The van der Waals surface area contributed by atoms with Crippen molar-refractivity contribution in [2.45, 2.75) is 51.3 Å². The highest BCUT2D eigenvalue weighted by Crippen LogP contribution is 2.31. The number of hydrogen-bond donors (Lipinski definition) is 2. The topological polar surface area (TPSA) is 59.1 Å². The van der Waals surface area contributed by atoms with Gasteiger partial charge in [-0.2, -0.15) is 13.2 Å². The van der Waals surface area contributed by atoms with Crippen LogP contribution in [-0.2, 0) is 4.74 Å². The Morgan fingerprint density at radius 3 is 2.61 bits per heavy atom. The molecule has 1 aliphatic rings. The summed E-state index contributed by atoms with van der Waals surface area (Å²) in [7, 11) is 0. The molecule has 0 aromatic heterocycles. The Bertz CT molecular complexity index is 281. The van der Waals surface area contributed by atoms with Crippen LogP contribution in [0.4, 0.5) is 13.2 Å². The van der Waals surface area contributed by atoms with Crippen LogP contribution in [0.1, 0.15) is 39.0 Å². The SMILES string of the molecule is CCC1CCCC(OCC(C(=N)N)C(F)(F)F)C1. The number of amidine groups is 1. The van der Waals surface area contributed by atoms with Gasteiger partial charge in [-0.25, -0.2) is 0 Å². The van der Waals surface area contributed by atoms with Crippen molar-refractivity contribution in [3.63, 3.8) is 0 Å². The Morgan fingerprint density at radius 2 is 2.11 bits per heavy atom. The number of nitrogens with two attached hydrogens (primary N) is 1. The van der Waals surface area contributed by atoms with Gasteiger partial charge in [0.25, 0.3) is 0 Å². The van der Waals surface area contributed by atoms with Gasteiger partial charge in [0.1, 0.15) is 11.8 Å². The second-order valence-corrected chi connectivity index (χ2v) is 4.95. The van der Waals surface area contributed by atoms with Gasteiger partial charge in [-0.1, -0.05) is 26.2 Å². The average molecular weight is 266 g/mol. The van der Waals surface area contributed by atoms with Crippen LogP contribution in [0.15, 0.2) is 0 Å². The molecule has 1 fully saturated rings. The fraction of sp³-hybridized carbons (Fsp3) is 0.917. The number of ether oxygens (including phenoxy) is 1. The number of alkyl halides is 3. The lowest BCUT2D eigenvalue weighted by Gasteiger charge is -2.30. The lowest BCUT2D eigenvalue weighted by atomic mass is 9.85. The van der Waals surface area contributed by atoms with Crippen LogP contribution in [0.25, 0.3) is 0 Å². The van der Waals surface area contributed by atoms with Crippen LogP contribution in [-0.4, -0.2) is 24.7 Å². The lowest BCUT2D eigenvalue weighted by Crippen LogP contribution is -2.40. The van der Waals surface area contributed by atoms with Crippen molar-refractivity contribution in [1.29, 1.82) is 5.41 Å². The lowest BCUT2D eigenvalue weighted by molar-refractivity contribution is -0.174. The molecule has 18 heavy (non-hydrogen) atoms. The van der Waals surface area contributed by atoms with E-state index in [9.17, 15) is 13.2 Å². The quantitative estimate of drug-likeness (QED) is 0.593. The molecule has 0 aromatic carbocycles. The Balaban J connectivity index is 2.45. The molecule has 0 amide bonds. The van der Waals surface area contributed by atoms with Crippen LogP contribution in [0.2, 0.25) is 0 Å². The molecule has 0 spiro atoms. The average Bonchev–Trinajstić information content (AvgIpc) is 2.27. The molecule has 0 saturated heterocycles. The first-order valence-electron chi connectivity index (χ1n) is 6.36. The van der Waals surface area contributed by atoms with Crippen LogP contribution < -0.4 is 5.73 Å². The van der Waals surface area contributed by atoms with Crippen LogP contribution >= 0.6 is 0 Å². The van der Waals surface area contributed by atoms with Gasteiger partial charge >= 0.3 is 6.18 Å². The largest absolute Gasteiger partial charge is 0.400 e. The molecule has 0 aromatic rings. The fourth-order valence-electron chi connectivity index (χ4n) is 2.36. The first-order valence-corrected chi connectivity index (χ1v) is 6.36. The molecule has 0 heterocycles. The van der Waals surface area contributed by atoms with Gasteiger partial charge in [0.2, 0.25) is 0 Å². The van der Waals surface area contributed by atoms with Gasteiger partial charge in [-0.05, 0) is 18.8 Å². The molecule has 106 valence electrons. The van der Waals surface area contributed by atoms with E-state index < -0.39 is 24.5 Å². The standard InChI is InChI=1S/C12H21F3N2O/c1-2-8-4-3-5-9(6-8)18-7-10(11(16)17)12(13,14)15/h8-10H,2-7H2,1H3,(H3,16,17). The van der Waals surface area contributed by atoms with Gasteiger partial charge in [0.05, 0.1) is 12.7 Å². The molecule has 0 radical (unpaired) electrons. The van der Waals surface area contributed by atoms with Gasteiger partial charge in [-0.15, -0.1) is 0 Å². The van der Waals surface area contributed by atoms with Crippen molar-refractivity contribution in [3.05, 3.63) is 0 Å². The number of hydrogen-bond acceptors (Lipinski definition) is 2. The summed E-state index contributed by atoms with van der Waals surface area (Å²) in [5.41, 5.74) is 4.98. The highest BCUT2D eigenvalue weighted by atomic mass is 19.4. The maximum absolute atomic E-state index is 12.6. The van der Waals surface area contributed by atoms with E-state index in [2.05, 4.69) is 6.92 Å². The first kappa shape index (κ1) is 15.3. The van der Waals surface area contributed by atoms with Gasteiger partial charge in [0, 0.05) is 0 Å². The maximum atomic E-state index is 12.6. The second kappa shape index (κ2) is 6.41. The molecule has 3 unspecified atom stereocenters. The van der Waals surface area contributed by atoms with Crippen molar-refractivity contribution in [3.8, 4) is 0 Å². The summed E-state index contributed by atoms with van der Waals surface area (Å²) < 4.78 is 43.0. The van der Waals surface area contributed by atoms with Crippen molar-refractivity contribution >= 4 is 5.84 Å². The Kier molecular flexibility index (Phi) is 5.44. The van der Waals surface area contributed by atoms with E-state index in [0.717, 1.165) is 32.1 Å². The van der Waals surface area contributed by atoms with Crippen LogP contribution in [0.5, 0.6) is 0 Å². The number of halogens is 3. The summed E-state index contributed by atoms with van der Waals surface area (Å²) in [4.78, 5) is 0. The maximum Gasteiger partial charge on any atom is 0.400 e. The van der Waals surface area contributed by atoms with Crippen molar-refractivity contribution < 1.29 is 17.9 Å². The number of nitrogens with one attached hydrogen (secondary N) is 1. The van der Waals surface area contributed by atoms with E-state index in [4.69, 9.17) is 15.9 Å². The minimum absolute atomic E-state index is 0.118. The summed E-state index contributed by atoms with van der Waals surface area (Å²) in [6.45, 7) is 1.56. The fourth-order valence-corrected chi connectivity index (χ4v) is 2.36. The third-order valence-electron chi connectivity index (χ3n) is 3.58. The molecule has 0 aliphatic heterocycles. The zero-order valence-electron chi connectivity index (χ0n) is 10.6. The summed E-state index contributed by atoms with van der Waals surface area (Å²) in [6.07, 6.45) is 0.178. The minimum Gasteiger partial charge on any atom is -0.387 e. The van der Waals surface area contributed by atoms with Gasteiger partial charge in [-0.3, -0.25) is 5.41 Å². The summed E-state index contributed by atoms with van der Waals surface area (Å²) >= 11 is 0. The van der Waals surface area contributed by atoms with E-state index in [-0.39, 0.29) is 6.10 Å². The Morgan fingerprint density at radius 1 is 1.44 bits per heavy atom. The smallest absolute Gasteiger partial charge is 0.387 e. The second-order valence-electron chi connectivity index (χ2n) is 4.95. The molecule has 0 bridgehead atoms. The molecule has 3 nitrogen and oxygen atoms in total. The number of rotatable bonds is 5. The summed E-state index contributed by atoms with van der Waals surface area (Å²) in [5, 5.41) is 6.98. The molecule has 1 rings (SSSR count). The van der Waals surface area contributed by atoms with E-state index in [1.54, 1.807) is 0 Å². The van der Waals surface area contributed by atoms with Crippen LogP contribution in [0, 0.1) is 17.2 Å². The highest BCUT2D eigenvalue weighted by Gasteiger charge is 2.42. The van der Waals surface area contributed by atoms with Crippen molar-refractivity contribution in [1.82, 2.24) is 0 Å². The Labute approximate surface area is 105 Å². The zero-order valence-corrected chi connectivity index (χ0v) is 10.6. The monoisotopic (exact) mass is 266 g/mol. The third-order valence-corrected chi connectivity index (χ3v) is 3.58. The van der Waals surface area contributed by atoms with Gasteiger partial charge < -0.3 is 10.5 Å². The van der Waals surface area contributed by atoms with Crippen LogP contribution in [0.3, 0.4) is 0 Å². The molecule has 6 heteroatoms. The van der Waals surface area contributed by atoms with E-state index >= 15 is 0 Å². The molecule has 3 N–H and O–H groups in total. The minimum atomic E-state index is -4.50. The van der Waals surface area contributed by atoms with Crippen molar-refractivity contribution in [2.75, 3.05) is 6.61 Å². The zero-order chi connectivity index (χ0) is 13.8. The molecular weight excluding hydrogens is 245 g/mol. The summed E-state index contributed by atoms with van der Waals surface area (Å²) in [6, 6.07) is 0. The highest BCUT2D eigenvalue weighted by molar-refractivity contribution is 5.80. The predicted octanol–water partition coefficient (Wildman–Crippen LogP) is 3.09. The van der Waals surface area contributed by atoms with E-state index in [1.165, 1.54) is 0 Å². The van der Waals surface area contributed by atoms with Crippen molar-refractivity contribution in [2.24, 2.45) is 17.6 Å². The molecular formula is C12H21F3N2O. The van der Waals surface area contributed by atoms with Gasteiger partial charge in [0.15, 0.2) is 0 Å². The predicted molar refractivity (Wildman–Crippen MR) is 63.4 cm³/mol. The Hall–Kier alpha value is -0.780. The molecule has 3 atom stereocenters. The van der Waals surface area contributed by atoms with E-state index in [0.29, 0.717) is 5.92 Å². The normalized spacial score (nSPS) is 26.9. The molecule has 1 saturated carbocycles. The first-order chi connectivity index (χ1) is 8.34. The summed E-state index contributed by atoms with van der Waals surface area (Å²) in [5.74, 6) is -2.30.